The topological polar surface area (TPSA) is 49.4 Å². The molecule has 0 bridgehead atoms. The van der Waals surface area contributed by atoms with Crippen molar-refractivity contribution in [3.63, 3.8) is 0 Å². The van der Waals surface area contributed by atoms with Crippen LogP contribution in [0.4, 0.5) is 0 Å². The molecule has 0 radical (unpaired) electrons. The Balaban J connectivity index is 2.38. The lowest BCUT2D eigenvalue weighted by molar-refractivity contribution is 0.464. The first-order chi connectivity index (χ1) is 8.42. The largest absolute Gasteiger partial charge is 0.314 e. The fourth-order valence-electron chi connectivity index (χ4n) is 1.54. The van der Waals surface area contributed by atoms with Crippen LogP contribution in [0, 0.1) is 0 Å². The molecule has 1 N–H and O–H groups in total. The van der Waals surface area contributed by atoms with E-state index in [0.29, 0.717) is 19.0 Å². The lowest BCUT2D eigenvalue weighted by Crippen LogP contribution is -2.31. The highest BCUT2D eigenvalue weighted by atomic mass is 32.2. The Kier molecular flexibility index (Phi) is 6.28. The Bertz CT molecular complexity index is 427. The Morgan fingerprint density at radius 3 is 2.72 bits per heavy atom. The molecule has 0 unspecified atom stereocenters. The van der Waals surface area contributed by atoms with E-state index in [0.717, 1.165) is 12.1 Å². The first-order valence-corrected chi connectivity index (χ1v) is 8.65. The van der Waals surface area contributed by atoms with E-state index in [-0.39, 0.29) is 5.75 Å². The Labute approximate surface area is 114 Å². The smallest absolute Gasteiger partial charge is 0.214 e. The summed E-state index contributed by atoms with van der Waals surface area (Å²) in [5.41, 5.74) is 1.05. The van der Waals surface area contributed by atoms with Gasteiger partial charge in [-0.15, -0.1) is 0 Å². The highest BCUT2D eigenvalue weighted by Gasteiger charge is 2.17. The number of rotatable bonds is 8. The molecule has 0 aliphatic carbocycles. The van der Waals surface area contributed by atoms with Gasteiger partial charge in [-0.1, -0.05) is 13.8 Å². The van der Waals surface area contributed by atoms with Gasteiger partial charge in [0.1, 0.15) is 0 Å². The van der Waals surface area contributed by atoms with Crippen LogP contribution in [0.15, 0.2) is 16.8 Å². The van der Waals surface area contributed by atoms with E-state index in [9.17, 15) is 8.42 Å². The summed E-state index contributed by atoms with van der Waals surface area (Å²) in [5, 5.41) is 7.16. The zero-order chi connectivity index (χ0) is 13.6. The molecule has 0 aliphatic rings. The summed E-state index contributed by atoms with van der Waals surface area (Å²) < 4.78 is 25.4. The van der Waals surface area contributed by atoms with Crippen LogP contribution in [0.25, 0.3) is 0 Å². The standard InChI is InChI=1S/C12H22N2O2S2/c1-11(2)13-6-4-8-18(15,16)14(3)9-12-5-7-17-10-12/h5,7,10-11,13H,4,6,8-9H2,1-3H3. The van der Waals surface area contributed by atoms with Crippen LogP contribution in [0.2, 0.25) is 0 Å². The van der Waals surface area contributed by atoms with Gasteiger partial charge in [0.15, 0.2) is 0 Å². The second-order valence-electron chi connectivity index (χ2n) is 4.67. The van der Waals surface area contributed by atoms with E-state index in [1.807, 2.05) is 16.8 Å². The van der Waals surface area contributed by atoms with Gasteiger partial charge in [0.25, 0.3) is 0 Å². The molecule has 18 heavy (non-hydrogen) atoms. The molecule has 1 heterocycles. The predicted octanol–water partition coefficient (Wildman–Crippen LogP) is 1.90. The van der Waals surface area contributed by atoms with Crippen LogP contribution < -0.4 is 5.32 Å². The number of nitrogens with one attached hydrogen (secondary N) is 1. The van der Waals surface area contributed by atoms with Crippen LogP contribution in [-0.2, 0) is 16.6 Å². The van der Waals surface area contributed by atoms with E-state index in [1.165, 1.54) is 4.31 Å². The molecule has 1 aromatic rings. The van der Waals surface area contributed by atoms with Crippen molar-refractivity contribution < 1.29 is 8.42 Å². The van der Waals surface area contributed by atoms with Crippen LogP contribution >= 0.6 is 11.3 Å². The highest BCUT2D eigenvalue weighted by Crippen LogP contribution is 2.11. The van der Waals surface area contributed by atoms with Gasteiger partial charge in [-0.2, -0.15) is 11.3 Å². The third-order valence-corrected chi connectivity index (χ3v) is 5.21. The lowest BCUT2D eigenvalue weighted by Gasteiger charge is -2.16. The normalized spacial score (nSPS) is 12.5. The molecule has 0 amide bonds. The minimum absolute atomic E-state index is 0.202. The molecular weight excluding hydrogens is 268 g/mol. The number of nitrogens with zero attached hydrogens (tertiary/aromatic N) is 1. The third-order valence-electron chi connectivity index (χ3n) is 2.59. The van der Waals surface area contributed by atoms with E-state index in [2.05, 4.69) is 19.2 Å². The maximum Gasteiger partial charge on any atom is 0.214 e. The number of hydrogen-bond donors (Lipinski definition) is 1. The van der Waals surface area contributed by atoms with Crippen molar-refractivity contribution in [3.05, 3.63) is 22.4 Å². The molecule has 0 saturated heterocycles. The quantitative estimate of drug-likeness (QED) is 0.744. The summed E-state index contributed by atoms with van der Waals surface area (Å²) >= 11 is 1.59. The molecule has 6 heteroatoms. The summed E-state index contributed by atoms with van der Waals surface area (Å²) in [6.45, 7) is 5.31. The van der Waals surface area contributed by atoms with Gasteiger partial charge < -0.3 is 5.32 Å². The zero-order valence-electron chi connectivity index (χ0n) is 11.2. The summed E-state index contributed by atoms with van der Waals surface area (Å²) in [7, 11) is -1.49. The van der Waals surface area contributed by atoms with Crippen molar-refractivity contribution >= 4 is 21.4 Å². The van der Waals surface area contributed by atoms with Gasteiger partial charge in [0.2, 0.25) is 10.0 Å². The van der Waals surface area contributed by atoms with Crippen LogP contribution in [0.3, 0.4) is 0 Å². The van der Waals surface area contributed by atoms with Crippen molar-refractivity contribution in [2.24, 2.45) is 0 Å². The summed E-state index contributed by atoms with van der Waals surface area (Å²) in [6, 6.07) is 2.35. The fourth-order valence-corrected chi connectivity index (χ4v) is 3.37. The van der Waals surface area contributed by atoms with Gasteiger partial charge >= 0.3 is 0 Å². The molecule has 0 atom stereocenters. The van der Waals surface area contributed by atoms with Crippen LogP contribution in [0.5, 0.6) is 0 Å². The van der Waals surface area contributed by atoms with Crippen molar-refractivity contribution in [1.29, 1.82) is 0 Å². The summed E-state index contributed by atoms with van der Waals surface area (Å²) in [6.07, 6.45) is 0.647. The van der Waals surface area contributed by atoms with Gasteiger partial charge in [-0.05, 0) is 35.4 Å². The molecule has 0 saturated carbocycles. The van der Waals surface area contributed by atoms with Crippen LogP contribution in [0.1, 0.15) is 25.8 Å². The van der Waals surface area contributed by atoms with Gasteiger partial charge in [0, 0.05) is 19.6 Å². The SMILES string of the molecule is CC(C)NCCCS(=O)(=O)N(C)Cc1ccsc1. The van der Waals surface area contributed by atoms with Crippen molar-refractivity contribution in [2.45, 2.75) is 32.9 Å². The number of sulfonamides is 1. The second-order valence-corrected chi connectivity index (χ2v) is 7.64. The predicted molar refractivity (Wildman–Crippen MR) is 77.3 cm³/mol. The lowest BCUT2D eigenvalue weighted by atomic mass is 10.3. The molecular formula is C12H22N2O2S2. The van der Waals surface area contributed by atoms with E-state index in [4.69, 9.17) is 0 Å². The third kappa shape index (κ3) is 5.48. The maximum atomic E-state index is 12.0. The van der Waals surface area contributed by atoms with Gasteiger partial charge in [-0.3, -0.25) is 0 Å². The van der Waals surface area contributed by atoms with E-state index in [1.54, 1.807) is 18.4 Å². The first kappa shape index (κ1) is 15.6. The minimum Gasteiger partial charge on any atom is -0.314 e. The highest BCUT2D eigenvalue weighted by molar-refractivity contribution is 7.89. The number of thiophene rings is 1. The number of hydrogen-bond acceptors (Lipinski definition) is 4. The summed E-state index contributed by atoms with van der Waals surface area (Å²) in [4.78, 5) is 0. The monoisotopic (exact) mass is 290 g/mol. The Morgan fingerprint density at radius 1 is 1.44 bits per heavy atom. The molecule has 0 aromatic carbocycles. The van der Waals surface area contributed by atoms with Gasteiger partial charge in [-0.25, -0.2) is 12.7 Å². The van der Waals surface area contributed by atoms with E-state index < -0.39 is 10.0 Å². The fraction of sp³-hybridized carbons (Fsp3) is 0.667. The molecule has 1 aromatic heterocycles. The average Bonchev–Trinajstić information content (AvgIpc) is 2.77. The van der Waals surface area contributed by atoms with Crippen LogP contribution in [-0.4, -0.2) is 38.1 Å². The average molecular weight is 290 g/mol. The zero-order valence-corrected chi connectivity index (χ0v) is 12.9. The summed E-state index contributed by atoms with van der Waals surface area (Å²) in [5.74, 6) is 0.202. The Morgan fingerprint density at radius 2 is 2.17 bits per heavy atom. The van der Waals surface area contributed by atoms with Crippen molar-refractivity contribution in [2.75, 3.05) is 19.3 Å². The molecule has 0 aliphatic heterocycles. The molecule has 4 nitrogen and oxygen atoms in total. The molecule has 1 rings (SSSR count). The van der Waals surface area contributed by atoms with E-state index >= 15 is 0 Å². The maximum absolute atomic E-state index is 12.0. The Hall–Kier alpha value is -0.430. The molecule has 0 fully saturated rings. The first-order valence-electron chi connectivity index (χ1n) is 6.10. The molecule has 104 valence electrons. The minimum atomic E-state index is -3.14. The van der Waals surface area contributed by atoms with Gasteiger partial charge in [0.05, 0.1) is 5.75 Å². The molecule has 0 spiro atoms. The second kappa shape index (κ2) is 7.23. The van der Waals surface area contributed by atoms with Crippen molar-refractivity contribution in [3.8, 4) is 0 Å². The van der Waals surface area contributed by atoms with Crippen molar-refractivity contribution in [1.82, 2.24) is 9.62 Å².